The van der Waals surface area contributed by atoms with Gasteiger partial charge in [-0.3, -0.25) is 0 Å². The minimum Gasteiger partial charge on any atom is -0.369 e. The molecule has 0 bridgehead atoms. The number of hydrogen-bond donors (Lipinski definition) is 0. The Morgan fingerprint density at radius 3 is 2.74 bits per heavy atom. The lowest BCUT2D eigenvalue weighted by atomic mass is 9.95. The van der Waals surface area contributed by atoms with E-state index in [1.165, 1.54) is 49.0 Å². The third kappa shape index (κ3) is 2.50. The van der Waals surface area contributed by atoms with Crippen molar-refractivity contribution in [3.05, 3.63) is 29.3 Å². The molecule has 0 amide bonds. The first-order valence-electron chi connectivity index (χ1n) is 7.51. The SMILES string of the molecule is CC(C)N1CCCc2c(C#CC3(C)CC3)cccc21. The van der Waals surface area contributed by atoms with Gasteiger partial charge in [-0.2, -0.15) is 0 Å². The Labute approximate surface area is 117 Å². The van der Waals surface area contributed by atoms with Gasteiger partial charge >= 0.3 is 0 Å². The molecule has 1 heterocycles. The second-order valence-corrected chi connectivity index (χ2v) is 6.50. The van der Waals surface area contributed by atoms with Crippen LogP contribution in [0, 0.1) is 17.3 Å². The van der Waals surface area contributed by atoms with Gasteiger partial charge in [0.1, 0.15) is 0 Å². The van der Waals surface area contributed by atoms with E-state index in [0.29, 0.717) is 11.5 Å². The number of benzene rings is 1. The van der Waals surface area contributed by atoms with Crippen LogP contribution in [0.5, 0.6) is 0 Å². The molecule has 0 atom stereocenters. The molecule has 0 N–H and O–H groups in total. The fraction of sp³-hybridized carbons (Fsp3) is 0.556. The Morgan fingerprint density at radius 2 is 2.05 bits per heavy atom. The standard InChI is InChI=1S/C18H23N/c1-14(2)19-13-5-7-16-15(6-4-8-17(16)19)9-10-18(3)11-12-18/h4,6,8,14H,5,7,11-13H2,1-3H3. The van der Waals surface area contributed by atoms with Crippen LogP contribution < -0.4 is 4.90 Å². The van der Waals surface area contributed by atoms with Gasteiger partial charge in [-0.1, -0.05) is 17.9 Å². The van der Waals surface area contributed by atoms with Gasteiger partial charge in [-0.25, -0.2) is 0 Å². The summed E-state index contributed by atoms with van der Waals surface area (Å²) < 4.78 is 0. The molecule has 100 valence electrons. The molecule has 1 fully saturated rings. The number of hydrogen-bond acceptors (Lipinski definition) is 1. The van der Waals surface area contributed by atoms with Crippen LogP contribution in [0.2, 0.25) is 0 Å². The molecular weight excluding hydrogens is 230 g/mol. The van der Waals surface area contributed by atoms with Crippen molar-refractivity contribution in [1.29, 1.82) is 0 Å². The lowest BCUT2D eigenvalue weighted by Crippen LogP contribution is -2.35. The highest BCUT2D eigenvalue weighted by Crippen LogP contribution is 2.44. The molecule has 1 aromatic carbocycles. The van der Waals surface area contributed by atoms with E-state index in [4.69, 9.17) is 0 Å². The normalized spacial score (nSPS) is 19.7. The molecule has 1 nitrogen and oxygen atoms in total. The van der Waals surface area contributed by atoms with Crippen molar-refractivity contribution >= 4 is 5.69 Å². The molecule has 19 heavy (non-hydrogen) atoms. The van der Waals surface area contributed by atoms with Gasteiger partial charge in [0.2, 0.25) is 0 Å². The molecule has 0 aromatic heterocycles. The topological polar surface area (TPSA) is 3.24 Å². The van der Waals surface area contributed by atoms with E-state index < -0.39 is 0 Å². The largest absolute Gasteiger partial charge is 0.369 e. The van der Waals surface area contributed by atoms with Gasteiger partial charge in [0.05, 0.1) is 0 Å². The van der Waals surface area contributed by atoms with Gasteiger partial charge in [-0.15, -0.1) is 0 Å². The van der Waals surface area contributed by atoms with E-state index in [2.05, 4.69) is 55.7 Å². The molecule has 0 spiro atoms. The molecule has 0 radical (unpaired) electrons. The van der Waals surface area contributed by atoms with Crippen LogP contribution in [-0.2, 0) is 6.42 Å². The first-order valence-corrected chi connectivity index (χ1v) is 7.51. The van der Waals surface area contributed by atoms with Crippen molar-refractivity contribution in [3.63, 3.8) is 0 Å². The monoisotopic (exact) mass is 253 g/mol. The average molecular weight is 253 g/mol. The summed E-state index contributed by atoms with van der Waals surface area (Å²) in [6.45, 7) is 8.01. The molecule has 1 aromatic rings. The van der Waals surface area contributed by atoms with Crippen LogP contribution in [0.15, 0.2) is 18.2 Å². The molecule has 0 saturated heterocycles. The van der Waals surface area contributed by atoms with Crippen LogP contribution in [0.25, 0.3) is 0 Å². The maximum Gasteiger partial charge on any atom is 0.0413 e. The van der Waals surface area contributed by atoms with Crippen LogP contribution >= 0.6 is 0 Å². The third-order valence-corrected chi connectivity index (χ3v) is 4.41. The van der Waals surface area contributed by atoms with Crippen LogP contribution in [-0.4, -0.2) is 12.6 Å². The summed E-state index contributed by atoms with van der Waals surface area (Å²) in [5, 5.41) is 0. The summed E-state index contributed by atoms with van der Waals surface area (Å²) in [5.74, 6) is 6.93. The Morgan fingerprint density at radius 1 is 1.26 bits per heavy atom. The van der Waals surface area contributed by atoms with Crippen molar-refractivity contribution < 1.29 is 0 Å². The van der Waals surface area contributed by atoms with E-state index in [1.807, 2.05) is 0 Å². The smallest absolute Gasteiger partial charge is 0.0413 e. The van der Waals surface area contributed by atoms with Crippen molar-refractivity contribution in [3.8, 4) is 11.8 Å². The number of anilines is 1. The minimum atomic E-state index is 0.315. The van der Waals surface area contributed by atoms with Crippen LogP contribution in [0.1, 0.15) is 51.2 Å². The van der Waals surface area contributed by atoms with Crippen LogP contribution in [0.4, 0.5) is 5.69 Å². The fourth-order valence-electron chi connectivity index (χ4n) is 2.84. The maximum atomic E-state index is 3.47. The third-order valence-electron chi connectivity index (χ3n) is 4.41. The van der Waals surface area contributed by atoms with Gasteiger partial charge in [0.15, 0.2) is 0 Å². The summed E-state index contributed by atoms with van der Waals surface area (Å²) in [7, 11) is 0. The Kier molecular flexibility index (Phi) is 3.05. The molecule has 3 rings (SSSR count). The van der Waals surface area contributed by atoms with Gasteiger partial charge in [0, 0.05) is 29.3 Å². The highest BCUT2D eigenvalue weighted by Gasteiger charge is 2.35. The number of rotatable bonds is 1. The van der Waals surface area contributed by atoms with Crippen molar-refractivity contribution in [1.82, 2.24) is 0 Å². The van der Waals surface area contributed by atoms with Gasteiger partial charge in [0.25, 0.3) is 0 Å². The van der Waals surface area contributed by atoms with E-state index in [0.717, 1.165) is 0 Å². The zero-order valence-corrected chi connectivity index (χ0v) is 12.3. The molecule has 2 aliphatic rings. The summed E-state index contributed by atoms with van der Waals surface area (Å²) >= 11 is 0. The second kappa shape index (κ2) is 4.60. The van der Waals surface area contributed by atoms with Crippen molar-refractivity contribution in [2.24, 2.45) is 5.41 Å². The van der Waals surface area contributed by atoms with E-state index in [-0.39, 0.29) is 0 Å². The fourth-order valence-corrected chi connectivity index (χ4v) is 2.84. The molecular formula is C18H23N. The minimum absolute atomic E-state index is 0.315. The summed E-state index contributed by atoms with van der Waals surface area (Å²) in [4.78, 5) is 2.52. The summed E-state index contributed by atoms with van der Waals surface area (Å²) in [6.07, 6.45) is 4.97. The number of fused-ring (bicyclic) bond motifs is 1. The molecule has 1 heteroatoms. The van der Waals surface area contributed by atoms with Crippen LogP contribution in [0.3, 0.4) is 0 Å². The highest BCUT2D eigenvalue weighted by molar-refractivity contribution is 5.62. The van der Waals surface area contributed by atoms with Gasteiger partial charge in [-0.05, 0) is 64.2 Å². The second-order valence-electron chi connectivity index (χ2n) is 6.50. The Hall–Kier alpha value is -1.42. The molecule has 0 unspecified atom stereocenters. The molecule has 1 aliphatic carbocycles. The zero-order chi connectivity index (χ0) is 13.5. The Bertz CT molecular complexity index is 541. The predicted molar refractivity (Wildman–Crippen MR) is 81.5 cm³/mol. The summed E-state index contributed by atoms with van der Waals surface area (Å²) in [5.41, 5.74) is 4.46. The van der Waals surface area contributed by atoms with E-state index >= 15 is 0 Å². The van der Waals surface area contributed by atoms with Crippen molar-refractivity contribution in [2.75, 3.05) is 11.4 Å². The highest BCUT2D eigenvalue weighted by atomic mass is 15.2. The summed E-state index contributed by atoms with van der Waals surface area (Å²) in [6, 6.07) is 7.20. The number of nitrogens with zero attached hydrogens (tertiary/aromatic N) is 1. The lowest BCUT2D eigenvalue weighted by molar-refractivity contribution is 0.625. The predicted octanol–water partition coefficient (Wildman–Crippen LogP) is 4.00. The van der Waals surface area contributed by atoms with Gasteiger partial charge < -0.3 is 4.90 Å². The molecule has 1 saturated carbocycles. The molecule has 1 aliphatic heterocycles. The Balaban J connectivity index is 1.98. The zero-order valence-electron chi connectivity index (χ0n) is 12.3. The van der Waals surface area contributed by atoms with E-state index in [1.54, 1.807) is 0 Å². The quantitative estimate of drug-likeness (QED) is 0.684. The average Bonchev–Trinajstić information content (AvgIpc) is 3.14. The first-order chi connectivity index (χ1) is 9.09. The van der Waals surface area contributed by atoms with Crippen molar-refractivity contribution in [2.45, 2.75) is 52.5 Å². The first kappa shape index (κ1) is 12.6. The maximum absolute atomic E-state index is 3.47. The van der Waals surface area contributed by atoms with E-state index in [9.17, 15) is 0 Å². The lowest BCUT2D eigenvalue weighted by Gasteiger charge is -2.35.